The van der Waals surface area contributed by atoms with Gasteiger partial charge in [-0.05, 0) is 30.3 Å². The van der Waals surface area contributed by atoms with Crippen LogP contribution in [0.25, 0.3) is 0 Å². The molecule has 0 aliphatic carbocycles. The molecular weight excluding hydrogens is 286 g/mol. The summed E-state index contributed by atoms with van der Waals surface area (Å²) in [4.78, 5) is 11.9. The highest BCUT2D eigenvalue weighted by molar-refractivity contribution is 6.30. The summed E-state index contributed by atoms with van der Waals surface area (Å²) in [5.74, 6) is -1.33. The van der Waals surface area contributed by atoms with Crippen molar-refractivity contribution in [3.63, 3.8) is 0 Å². The van der Waals surface area contributed by atoms with Gasteiger partial charge in [0.25, 0.3) is 5.91 Å². The fourth-order valence-electron chi connectivity index (χ4n) is 2.14. The molecule has 0 spiro atoms. The van der Waals surface area contributed by atoms with E-state index in [-0.39, 0.29) is 11.6 Å². The summed E-state index contributed by atoms with van der Waals surface area (Å²) >= 11 is 5.80. The molecule has 1 aliphatic rings. The summed E-state index contributed by atoms with van der Waals surface area (Å²) in [6.07, 6.45) is 0. The Morgan fingerprint density at radius 3 is 2.75 bits per heavy atom. The standard InChI is InChI=1S/C14H9ClF2N2O/c15-7-1-4-10(17)12(5-7)18-13-9-3-2-8(16)6-11(9)19-14(13)20/h1-6,13,18H,(H,19,20). The number of fused-ring (bicyclic) bond motifs is 1. The van der Waals surface area contributed by atoms with Crippen molar-refractivity contribution >= 4 is 28.9 Å². The molecule has 0 saturated heterocycles. The Bertz CT molecular complexity index is 706. The van der Waals surface area contributed by atoms with E-state index >= 15 is 0 Å². The minimum Gasteiger partial charge on any atom is -0.368 e. The van der Waals surface area contributed by atoms with E-state index in [4.69, 9.17) is 11.6 Å². The molecule has 0 aromatic heterocycles. The number of benzene rings is 2. The number of anilines is 2. The molecule has 0 radical (unpaired) electrons. The second kappa shape index (κ2) is 4.76. The van der Waals surface area contributed by atoms with Crippen LogP contribution in [0.3, 0.4) is 0 Å². The van der Waals surface area contributed by atoms with Crippen LogP contribution >= 0.6 is 11.6 Å². The molecule has 3 nitrogen and oxygen atoms in total. The molecule has 1 aliphatic heterocycles. The molecule has 3 rings (SSSR count). The highest BCUT2D eigenvalue weighted by atomic mass is 35.5. The van der Waals surface area contributed by atoms with Gasteiger partial charge in [-0.15, -0.1) is 0 Å². The molecule has 0 fully saturated rings. The van der Waals surface area contributed by atoms with Crippen molar-refractivity contribution in [1.82, 2.24) is 0 Å². The molecular formula is C14H9ClF2N2O. The zero-order valence-electron chi connectivity index (χ0n) is 10.1. The lowest BCUT2D eigenvalue weighted by Gasteiger charge is -2.14. The summed E-state index contributed by atoms with van der Waals surface area (Å²) in [6.45, 7) is 0. The van der Waals surface area contributed by atoms with Gasteiger partial charge >= 0.3 is 0 Å². The fourth-order valence-corrected chi connectivity index (χ4v) is 2.31. The van der Waals surface area contributed by atoms with Crippen LogP contribution in [0.15, 0.2) is 36.4 Å². The van der Waals surface area contributed by atoms with E-state index in [0.29, 0.717) is 16.3 Å². The number of hydrogen-bond acceptors (Lipinski definition) is 2. The molecule has 0 saturated carbocycles. The molecule has 0 bridgehead atoms. The Kier molecular flexibility index (Phi) is 3.06. The summed E-state index contributed by atoms with van der Waals surface area (Å²) < 4.78 is 26.8. The SMILES string of the molecule is O=C1Nc2cc(F)ccc2C1Nc1cc(Cl)ccc1F. The minimum atomic E-state index is -0.779. The molecule has 102 valence electrons. The summed E-state index contributed by atoms with van der Waals surface area (Å²) in [5, 5.41) is 5.68. The zero-order chi connectivity index (χ0) is 14.3. The van der Waals surface area contributed by atoms with Crippen molar-refractivity contribution in [2.24, 2.45) is 0 Å². The van der Waals surface area contributed by atoms with E-state index in [1.165, 1.54) is 36.4 Å². The number of nitrogens with one attached hydrogen (secondary N) is 2. The van der Waals surface area contributed by atoms with Gasteiger partial charge < -0.3 is 10.6 Å². The van der Waals surface area contributed by atoms with E-state index in [2.05, 4.69) is 10.6 Å². The van der Waals surface area contributed by atoms with E-state index in [1.54, 1.807) is 0 Å². The van der Waals surface area contributed by atoms with Crippen LogP contribution in [0, 0.1) is 11.6 Å². The average molecular weight is 295 g/mol. The molecule has 2 N–H and O–H groups in total. The van der Waals surface area contributed by atoms with Crippen LogP contribution in [0.4, 0.5) is 20.2 Å². The monoisotopic (exact) mass is 294 g/mol. The van der Waals surface area contributed by atoms with Gasteiger partial charge in [-0.25, -0.2) is 8.78 Å². The Labute approximate surface area is 118 Å². The van der Waals surface area contributed by atoms with Crippen LogP contribution < -0.4 is 10.6 Å². The first-order chi connectivity index (χ1) is 9.54. The minimum absolute atomic E-state index is 0.120. The van der Waals surface area contributed by atoms with Gasteiger partial charge in [0.15, 0.2) is 0 Å². The van der Waals surface area contributed by atoms with E-state index in [0.717, 1.165) is 0 Å². The third-order valence-electron chi connectivity index (χ3n) is 3.07. The van der Waals surface area contributed by atoms with E-state index in [1.807, 2.05) is 0 Å². The predicted molar refractivity (Wildman–Crippen MR) is 72.8 cm³/mol. The number of hydrogen-bond donors (Lipinski definition) is 2. The third kappa shape index (κ3) is 2.20. The maximum absolute atomic E-state index is 13.7. The third-order valence-corrected chi connectivity index (χ3v) is 3.31. The molecule has 20 heavy (non-hydrogen) atoms. The van der Waals surface area contributed by atoms with Crippen molar-refractivity contribution in [3.05, 3.63) is 58.6 Å². The van der Waals surface area contributed by atoms with Crippen LogP contribution in [0.5, 0.6) is 0 Å². The van der Waals surface area contributed by atoms with Crippen LogP contribution in [-0.2, 0) is 4.79 Å². The van der Waals surface area contributed by atoms with E-state index < -0.39 is 17.7 Å². The molecule has 6 heteroatoms. The van der Waals surface area contributed by atoms with Gasteiger partial charge in [-0.3, -0.25) is 4.79 Å². The van der Waals surface area contributed by atoms with Crippen molar-refractivity contribution in [2.45, 2.75) is 6.04 Å². The first kappa shape index (κ1) is 12.9. The molecule has 1 heterocycles. The molecule has 1 amide bonds. The Balaban J connectivity index is 1.96. The van der Waals surface area contributed by atoms with Gasteiger partial charge in [0.2, 0.25) is 0 Å². The maximum atomic E-state index is 13.7. The molecule has 2 aromatic rings. The zero-order valence-corrected chi connectivity index (χ0v) is 10.8. The molecule has 1 unspecified atom stereocenters. The first-order valence-electron chi connectivity index (χ1n) is 5.86. The highest BCUT2D eigenvalue weighted by Gasteiger charge is 2.31. The predicted octanol–water partition coefficient (Wildman–Crippen LogP) is 3.72. The Morgan fingerprint density at radius 2 is 1.95 bits per heavy atom. The second-order valence-electron chi connectivity index (χ2n) is 4.42. The first-order valence-corrected chi connectivity index (χ1v) is 6.24. The smallest absolute Gasteiger partial charge is 0.251 e. The summed E-state index contributed by atoms with van der Waals surface area (Å²) in [5.41, 5.74) is 1.07. The van der Waals surface area contributed by atoms with Crippen molar-refractivity contribution in [1.29, 1.82) is 0 Å². The Hall–Kier alpha value is -2.14. The van der Waals surface area contributed by atoms with Crippen molar-refractivity contribution in [3.8, 4) is 0 Å². The van der Waals surface area contributed by atoms with Gasteiger partial charge in [0, 0.05) is 16.3 Å². The highest BCUT2D eigenvalue weighted by Crippen LogP contribution is 2.34. The normalized spacial score (nSPS) is 16.8. The molecule has 2 aromatic carbocycles. The Morgan fingerprint density at radius 1 is 1.15 bits per heavy atom. The largest absolute Gasteiger partial charge is 0.368 e. The quantitative estimate of drug-likeness (QED) is 0.886. The summed E-state index contributed by atoms with van der Waals surface area (Å²) in [7, 11) is 0. The number of amides is 1. The summed E-state index contributed by atoms with van der Waals surface area (Å²) in [6, 6.07) is 7.21. The lowest BCUT2D eigenvalue weighted by atomic mass is 10.1. The average Bonchev–Trinajstić information content (AvgIpc) is 2.69. The van der Waals surface area contributed by atoms with Crippen LogP contribution in [-0.4, -0.2) is 5.91 Å². The lowest BCUT2D eigenvalue weighted by molar-refractivity contribution is -0.116. The molecule has 1 atom stereocenters. The van der Waals surface area contributed by atoms with Crippen molar-refractivity contribution in [2.75, 3.05) is 10.6 Å². The maximum Gasteiger partial charge on any atom is 0.251 e. The van der Waals surface area contributed by atoms with Gasteiger partial charge in [0.05, 0.1) is 5.69 Å². The van der Waals surface area contributed by atoms with E-state index in [9.17, 15) is 13.6 Å². The van der Waals surface area contributed by atoms with Crippen molar-refractivity contribution < 1.29 is 13.6 Å². The number of carbonyl (C=O) groups is 1. The van der Waals surface area contributed by atoms with Crippen LogP contribution in [0.1, 0.15) is 11.6 Å². The topological polar surface area (TPSA) is 41.1 Å². The van der Waals surface area contributed by atoms with Crippen LogP contribution in [0.2, 0.25) is 5.02 Å². The lowest BCUT2D eigenvalue weighted by Crippen LogP contribution is -2.20. The van der Waals surface area contributed by atoms with Gasteiger partial charge in [-0.1, -0.05) is 17.7 Å². The number of rotatable bonds is 2. The number of halogens is 3. The van der Waals surface area contributed by atoms with Gasteiger partial charge in [0.1, 0.15) is 17.7 Å². The number of carbonyl (C=O) groups excluding carboxylic acids is 1. The van der Waals surface area contributed by atoms with Gasteiger partial charge in [-0.2, -0.15) is 0 Å². The second-order valence-corrected chi connectivity index (χ2v) is 4.86. The fraction of sp³-hybridized carbons (Fsp3) is 0.0714.